The van der Waals surface area contributed by atoms with Gasteiger partial charge >= 0.3 is 5.97 Å². The van der Waals surface area contributed by atoms with Gasteiger partial charge in [0.2, 0.25) is 5.91 Å². The van der Waals surface area contributed by atoms with Gasteiger partial charge in [0.1, 0.15) is 5.82 Å². The number of rotatable bonds is 4. The predicted molar refractivity (Wildman–Crippen MR) is 68.6 cm³/mol. The minimum Gasteiger partial charge on any atom is -0.478 e. The van der Waals surface area contributed by atoms with Gasteiger partial charge in [-0.05, 0) is 37.0 Å². The Kier molecular flexibility index (Phi) is 4.14. The summed E-state index contributed by atoms with van der Waals surface area (Å²) < 4.78 is 13.4. The van der Waals surface area contributed by atoms with E-state index in [1.54, 1.807) is 0 Å². The van der Waals surface area contributed by atoms with Crippen molar-refractivity contribution in [2.75, 3.05) is 5.32 Å². The molecule has 0 spiro atoms. The number of carboxylic acid groups (broad SMARTS) is 1. The lowest BCUT2D eigenvalue weighted by Gasteiger charge is -2.10. The summed E-state index contributed by atoms with van der Waals surface area (Å²) in [6.45, 7) is 0. The van der Waals surface area contributed by atoms with Crippen LogP contribution in [0.3, 0.4) is 0 Å². The van der Waals surface area contributed by atoms with Gasteiger partial charge in [-0.1, -0.05) is 12.8 Å². The minimum atomic E-state index is -1.32. The van der Waals surface area contributed by atoms with E-state index < -0.39 is 17.3 Å². The van der Waals surface area contributed by atoms with Crippen LogP contribution in [0, 0.1) is 11.7 Å². The van der Waals surface area contributed by atoms with Crippen LogP contribution in [-0.4, -0.2) is 17.0 Å². The van der Waals surface area contributed by atoms with Gasteiger partial charge in [0.25, 0.3) is 0 Å². The standard InChI is InChI=1S/C14H16FNO3/c15-12-8-10(5-6-11(12)14(18)19)16-13(17)7-9-3-1-2-4-9/h5-6,8-9H,1-4,7H2,(H,16,17)(H,18,19). The zero-order valence-corrected chi connectivity index (χ0v) is 10.5. The third kappa shape index (κ3) is 3.53. The van der Waals surface area contributed by atoms with Crippen molar-refractivity contribution in [3.63, 3.8) is 0 Å². The number of benzene rings is 1. The third-order valence-electron chi connectivity index (χ3n) is 3.43. The lowest BCUT2D eigenvalue weighted by atomic mass is 10.0. The molecule has 1 saturated carbocycles. The first kappa shape index (κ1) is 13.5. The molecular formula is C14H16FNO3. The molecule has 0 unspecified atom stereocenters. The maximum atomic E-state index is 13.4. The van der Waals surface area contributed by atoms with E-state index in [0.29, 0.717) is 18.0 Å². The van der Waals surface area contributed by atoms with Crippen LogP contribution < -0.4 is 5.32 Å². The van der Waals surface area contributed by atoms with Crippen molar-refractivity contribution in [2.24, 2.45) is 5.92 Å². The topological polar surface area (TPSA) is 66.4 Å². The molecule has 1 aliphatic carbocycles. The first-order valence-corrected chi connectivity index (χ1v) is 6.39. The SMILES string of the molecule is O=C(CC1CCCC1)Nc1ccc(C(=O)O)c(F)c1. The monoisotopic (exact) mass is 265 g/mol. The van der Waals surface area contributed by atoms with Gasteiger partial charge in [0.05, 0.1) is 5.56 Å². The molecule has 0 saturated heterocycles. The number of hydrogen-bond donors (Lipinski definition) is 2. The fraction of sp³-hybridized carbons (Fsp3) is 0.429. The molecule has 0 atom stereocenters. The van der Waals surface area contributed by atoms with Crippen molar-refractivity contribution in [3.8, 4) is 0 Å². The summed E-state index contributed by atoms with van der Waals surface area (Å²) in [6.07, 6.45) is 4.92. The molecule has 5 heteroatoms. The fourth-order valence-electron chi connectivity index (χ4n) is 2.45. The summed E-state index contributed by atoms with van der Waals surface area (Å²) >= 11 is 0. The van der Waals surface area contributed by atoms with Crippen LogP contribution in [0.25, 0.3) is 0 Å². The van der Waals surface area contributed by atoms with E-state index in [2.05, 4.69) is 5.32 Å². The summed E-state index contributed by atoms with van der Waals surface area (Å²) in [5, 5.41) is 11.3. The number of aromatic carboxylic acids is 1. The molecule has 0 aliphatic heterocycles. The molecule has 0 radical (unpaired) electrons. The van der Waals surface area contributed by atoms with Gasteiger partial charge in [-0.2, -0.15) is 0 Å². The van der Waals surface area contributed by atoms with Crippen molar-refractivity contribution in [2.45, 2.75) is 32.1 Å². The van der Waals surface area contributed by atoms with Crippen molar-refractivity contribution in [1.82, 2.24) is 0 Å². The number of nitrogens with one attached hydrogen (secondary N) is 1. The average molecular weight is 265 g/mol. The van der Waals surface area contributed by atoms with Crippen molar-refractivity contribution >= 4 is 17.6 Å². The zero-order chi connectivity index (χ0) is 13.8. The fourth-order valence-corrected chi connectivity index (χ4v) is 2.45. The molecule has 1 aromatic rings. The Morgan fingerprint density at radius 1 is 1.32 bits per heavy atom. The van der Waals surface area contributed by atoms with Gasteiger partial charge < -0.3 is 10.4 Å². The van der Waals surface area contributed by atoms with E-state index in [4.69, 9.17) is 5.11 Å². The van der Waals surface area contributed by atoms with Crippen LogP contribution in [-0.2, 0) is 4.79 Å². The number of carbonyl (C=O) groups is 2. The molecule has 2 rings (SSSR count). The highest BCUT2D eigenvalue weighted by atomic mass is 19.1. The lowest BCUT2D eigenvalue weighted by Crippen LogP contribution is -2.15. The lowest BCUT2D eigenvalue weighted by molar-refractivity contribution is -0.117. The Morgan fingerprint density at radius 2 is 2.00 bits per heavy atom. The smallest absolute Gasteiger partial charge is 0.338 e. The number of carbonyl (C=O) groups excluding carboxylic acids is 1. The number of anilines is 1. The number of carboxylic acids is 1. The zero-order valence-electron chi connectivity index (χ0n) is 10.5. The Labute approximate surface area is 110 Å². The quantitative estimate of drug-likeness (QED) is 0.879. The van der Waals surface area contributed by atoms with E-state index in [1.807, 2.05) is 0 Å². The van der Waals surface area contributed by atoms with Crippen LogP contribution in [0.4, 0.5) is 10.1 Å². The number of hydrogen-bond acceptors (Lipinski definition) is 2. The molecule has 1 aliphatic rings. The van der Waals surface area contributed by atoms with E-state index >= 15 is 0 Å². The Bertz CT molecular complexity index is 495. The summed E-state index contributed by atoms with van der Waals surface area (Å²) in [6, 6.07) is 3.60. The normalized spacial score (nSPS) is 15.4. The molecule has 4 nitrogen and oxygen atoms in total. The molecular weight excluding hydrogens is 249 g/mol. The highest BCUT2D eigenvalue weighted by Crippen LogP contribution is 2.27. The first-order chi connectivity index (χ1) is 9.06. The second kappa shape index (κ2) is 5.82. The largest absolute Gasteiger partial charge is 0.478 e. The Morgan fingerprint density at radius 3 is 2.58 bits per heavy atom. The molecule has 1 fully saturated rings. The number of amides is 1. The Balaban J connectivity index is 1.96. The maximum Gasteiger partial charge on any atom is 0.338 e. The average Bonchev–Trinajstić information content (AvgIpc) is 2.81. The van der Waals surface area contributed by atoms with Crippen LogP contribution in [0.2, 0.25) is 0 Å². The highest BCUT2D eigenvalue weighted by molar-refractivity contribution is 5.92. The van der Waals surface area contributed by atoms with Gasteiger partial charge in [-0.15, -0.1) is 0 Å². The maximum absolute atomic E-state index is 13.4. The van der Waals surface area contributed by atoms with Crippen molar-refractivity contribution < 1.29 is 19.1 Å². The van der Waals surface area contributed by atoms with E-state index in [0.717, 1.165) is 25.0 Å². The van der Waals surface area contributed by atoms with Crippen molar-refractivity contribution in [3.05, 3.63) is 29.6 Å². The minimum absolute atomic E-state index is 0.144. The predicted octanol–water partition coefficient (Wildman–Crippen LogP) is 3.04. The molecule has 0 bridgehead atoms. The third-order valence-corrected chi connectivity index (χ3v) is 3.43. The van der Waals surface area contributed by atoms with E-state index in [-0.39, 0.29) is 5.91 Å². The molecule has 2 N–H and O–H groups in total. The summed E-state index contributed by atoms with van der Waals surface area (Å²) in [5.74, 6) is -1.88. The van der Waals surface area contributed by atoms with Crippen LogP contribution >= 0.6 is 0 Å². The first-order valence-electron chi connectivity index (χ1n) is 6.39. The van der Waals surface area contributed by atoms with Gasteiger partial charge in [-0.25, -0.2) is 9.18 Å². The second-order valence-corrected chi connectivity index (χ2v) is 4.90. The highest BCUT2D eigenvalue weighted by Gasteiger charge is 2.19. The van der Waals surface area contributed by atoms with Gasteiger partial charge in [0.15, 0.2) is 0 Å². The summed E-state index contributed by atoms with van der Waals surface area (Å²) in [4.78, 5) is 22.4. The molecule has 102 valence electrons. The van der Waals surface area contributed by atoms with Crippen LogP contribution in [0.15, 0.2) is 18.2 Å². The molecule has 19 heavy (non-hydrogen) atoms. The molecule has 0 aromatic heterocycles. The van der Waals surface area contributed by atoms with E-state index in [9.17, 15) is 14.0 Å². The van der Waals surface area contributed by atoms with Gasteiger partial charge in [-0.3, -0.25) is 4.79 Å². The van der Waals surface area contributed by atoms with Crippen LogP contribution in [0.5, 0.6) is 0 Å². The van der Waals surface area contributed by atoms with Gasteiger partial charge in [0, 0.05) is 12.1 Å². The second-order valence-electron chi connectivity index (χ2n) is 4.90. The molecule has 0 heterocycles. The molecule has 1 aromatic carbocycles. The summed E-state index contributed by atoms with van der Waals surface area (Å²) in [5.41, 5.74) is -0.0979. The number of halogens is 1. The van der Waals surface area contributed by atoms with Crippen LogP contribution in [0.1, 0.15) is 42.5 Å². The van der Waals surface area contributed by atoms with Crippen molar-refractivity contribution in [1.29, 1.82) is 0 Å². The summed E-state index contributed by atoms with van der Waals surface area (Å²) in [7, 11) is 0. The Hall–Kier alpha value is -1.91. The van der Waals surface area contributed by atoms with E-state index in [1.165, 1.54) is 18.9 Å². The molecule has 1 amide bonds.